The summed E-state index contributed by atoms with van der Waals surface area (Å²) in [5.41, 5.74) is -0.123. The molecule has 0 unspecified atom stereocenters. The highest BCUT2D eigenvalue weighted by molar-refractivity contribution is 8.04. The lowest BCUT2D eigenvalue weighted by atomic mass is 9.79. The number of rotatable bonds is 2. The Morgan fingerprint density at radius 3 is 2.41 bits per heavy atom. The van der Waals surface area contributed by atoms with Gasteiger partial charge in [-0.3, -0.25) is 4.79 Å². The van der Waals surface area contributed by atoms with Gasteiger partial charge in [0.05, 0.1) is 4.91 Å². The smallest absolute Gasteiger partial charge is 0.173 e. The minimum absolute atomic E-state index is 0.0487. The monoisotopic (exact) mass is 248 g/mol. The largest absolute Gasteiger partial charge is 0.511 e. The molecular weight excluding hydrogens is 232 g/mol. The zero-order valence-corrected chi connectivity index (χ0v) is 10.9. The highest BCUT2D eigenvalue weighted by Crippen LogP contribution is 2.41. The van der Waals surface area contributed by atoms with E-state index < -0.39 is 0 Å². The van der Waals surface area contributed by atoms with Gasteiger partial charge in [0.1, 0.15) is 5.76 Å². The van der Waals surface area contributed by atoms with Crippen LogP contribution in [0.4, 0.5) is 0 Å². The Labute approximate surface area is 106 Å². The van der Waals surface area contributed by atoms with Crippen LogP contribution in [0.15, 0.2) is 45.9 Å². The van der Waals surface area contributed by atoms with Crippen LogP contribution in [0, 0.1) is 5.41 Å². The van der Waals surface area contributed by atoms with Crippen LogP contribution in [-0.2, 0) is 4.79 Å². The van der Waals surface area contributed by atoms with Crippen molar-refractivity contribution < 1.29 is 9.90 Å². The number of aliphatic hydroxyl groups excluding tert-OH is 1. The highest BCUT2D eigenvalue weighted by atomic mass is 32.2. The average molecular weight is 248 g/mol. The predicted octanol–water partition coefficient (Wildman–Crippen LogP) is 3.94. The standard InChI is InChI=1S/C14H16O2S/c1-14(2)8-11(15)13(12(16)9-14)17-10-6-4-3-5-7-10/h3-7,15H,8-9H2,1-2H3. The van der Waals surface area contributed by atoms with Gasteiger partial charge in [-0.25, -0.2) is 0 Å². The predicted molar refractivity (Wildman–Crippen MR) is 70.0 cm³/mol. The molecule has 1 aliphatic carbocycles. The average Bonchev–Trinajstić information content (AvgIpc) is 2.24. The Hall–Kier alpha value is -1.22. The van der Waals surface area contributed by atoms with E-state index in [1.54, 1.807) is 0 Å². The Kier molecular flexibility index (Phi) is 3.29. The molecule has 1 aromatic carbocycles. The van der Waals surface area contributed by atoms with E-state index in [-0.39, 0.29) is 17.0 Å². The van der Waals surface area contributed by atoms with Crippen LogP contribution in [0.25, 0.3) is 0 Å². The molecule has 0 spiro atoms. The molecular formula is C14H16O2S. The van der Waals surface area contributed by atoms with Crippen molar-refractivity contribution in [2.45, 2.75) is 31.6 Å². The van der Waals surface area contributed by atoms with Crippen molar-refractivity contribution in [3.63, 3.8) is 0 Å². The molecule has 2 rings (SSSR count). The Morgan fingerprint density at radius 1 is 1.18 bits per heavy atom. The summed E-state index contributed by atoms with van der Waals surface area (Å²) in [6.45, 7) is 4.01. The van der Waals surface area contributed by atoms with Gasteiger partial charge in [0.2, 0.25) is 0 Å². The third-order valence-electron chi connectivity index (χ3n) is 2.76. The summed E-state index contributed by atoms with van der Waals surface area (Å²) in [4.78, 5) is 13.5. The lowest BCUT2D eigenvalue weighted by Crippen LogP contribution is -2.24. The van der Waals surface area contributed by atoms with Gasteiger partial charge in [-0.1, -0.05) is 43.8 Å². The van der Waals surface area contributed by atoms with Crippen molar-refractivity contribution in [3.05, 3.63) is 41.0 Å². The molecule has 0 bridgehead atoms. The maximum atomic E-state index is 12.0. The molecule has 0 saturated heterocycles. The summed E-state index contributed by atoms with van der Waals surface area (Å²) in [6.07, 6.45) is 1.08. The molecule has 0 radical (unpaired) electrons. The van der Waals surface area contributed by atoms with E-state index in [1.807, 2.05) is 44.2 Å². The number of thioether (sulfide) groups is 1. The number of carbonyl (C=O) groups is 1. The van der Waals surface area contributed by atoms with Gasteiger partial charge in [0.25, 0.3) is 0 Å². The van der Waals surface area contributed by atoms with Crippen molar-refractivity contribution in [1.29, 1.82) is 0 Å². The van der Waals surface area contributed by atoms with E-state index in [2.05, 4.69) is 0 Å². The summed E-state index contributed by atoms with van der Waals surface area (Å²) in [7, 11) is 0. The fourth-order valence-corrected chi connectivity index (χ4v) is 2.90. The zero-order valence-electron chi connectivity index (χ0n) is 10.1. The Balaban J connectivity index is 2.24. The SMILES string of the molecule is CC1(C)CC(=O)C(Sc2ccccc2)=C(O)C1. The van der Waals surface area contributed by atoms with Crippen molar-refractivity contribution in [2.75, 3.05) is 0 Å². The number of hydrogen-bond donors (Lipinski definition) is 1. The molecule has 90 valence electrons. The highest BCUT2D eigenvalue weighted by Gasteiger charge is 2.33. The minimum atomic E-state index is -0.123. The molecule has 0 atom stereocenters. The molecule has 2 nitrogen and oxygen atoms in total. The van der Waals surface area contributed by atoms with Crippen molar-refractivity contribution in [1.82, 2.24) is 0 Å². The second-order valence-corrected chi connectivity index (χ2v) is 6.22. The van der Waals surface area contributed by atoms with E-state index in [9.17, 15) is 9.90 Å². The fourth-order valence-electron chi connectivity index (χ4n) is 1.99. The quantitative estimate of drug-likeness (QED) is 0.861. The third-order valence-corrected chi connectivity index (χ3v) is 3.94. The second-order valence-electron chi connectivity index (χ2n) is 5.13. The third kappa shape index (κ3) is 2.91. The van der Waals surface area contributed by atoms with Gasteiger partial charge in [-0.05, 0) is 17.5 Å². The molecule has 0 heterocycles. The second kappa shape index (κ2) is 4.57. The molecule has 0 amide bonds. The van der Waals surface area contributed by atoms with Gasteiger partial charge in [-0.15, -0.1) is 0 Å². The molecule has 0 aliphatic heterocycles. The van der Waals surface area contributed by atoms with E-state index in [1.165, 1.54) is 11.8 Å². The number of allylic oxidation sites excluding steroid dienone is 2. The maximum Gasteiger partial charge on any atom is 0.173 e. The van der Waals surface area contributed by atoms with E-state index >= 15 is 0 Å². The van der Waals surface area contributed by atoms with Crippen molar-refractivity contribution in [2.24, 2.45) is 5.41 Å². The molecule has 1 N–H and O–H groups in total. The molecule has 1 aromatic rings. The number of Topliss-reactive ketones (excluding diaryl/α,β-unsaturated/α-hetero) is 1. The Morgan fingerprint density at radius 2 is 1.82 bits per heavy atom. The van der Waals surface area contributed by atoms with Crippen LogP contribution in [0.3, 0.4) is 0 Å². The van der Waals surface area contributed by atoms with Crippen LogP contribution < -0.4 is 0 Å². The molecule has 0 aromatic heterocycles. The molecule has 0 fully saturated rings. The van der Waals surface area contributed by atoms with Gasteiger partial charge in [0.15, 0.2) is 5.78 Å². The summed E-state index contributed by atoms with van der Waals surface area (Å²) < 4.78 is 0. The molecule has 3 heteroatoms. The maximum absolute atomic E-state index is 12.0. The number of benzene rings is 1. The molecule has 1 aliphatic rings. The minimum Gasteiger partial charge on any atom is -0.511 e. The lowest BCUT2D eigenvalue weighted by molar-refractivity contribution is -0.117. The van der Waals surface area contributed by atoms with Crippen LogP contribution in [0.5, 0.6) is 0 Å². The van der Waals surface area contributed by atoms with Crippen LogP contribution in [0.2, 0.25) is 0 Å². The number of carbonyl (C=O) groups excluding carboxylic acids is 1. The first kappa shape index (κ1) is 12.2. The summed E-state index contributed by atoms with van der Waals surface area (Å²) in [6, 6.07) is 9.68. The van der Waals surface area contributed by atoms with Crippen LogP contribution >= 0.6 is 11.8 Å². The Bertz CT molecular complexity index is 460. The fraction of sp³-hybridized carbons (Fsp3) is 0.357. The van der Waals surface area contributed by atoms with E-state index in [4.69, 9.17) is 0 Å². The molecule has 0 saturated carbocycles. The van der Waals surface area contributed by atoms with Gasteiger partial charge in [-0.2, -0.15) is 0 Å². The topological polar surface area (TPSA) is 37.3 Å². The van der Waals surface area contributed by atoms with Gasteiger partial charge in [0, 0.05) is 17.7 Å². The summed E-state index contributed by atoms with van der Waals surface area (Å²) in [5, 5.41) is 9.97. The number of ketones is 1. The van der Waals surface area contributed by atoms with Gasteiger partial charge >= 0.3 is 0 Å². The van der Waals surface area contributed by atoms with Crippen molar-refractivity contribution in [3.8, 4) is 0 Å². The first-order valence-electron chi connectivity index (χ1n) is 5.66. The van der Waals surface area contributed by atoms with E-state index in [0.717, 1.165) is 4.90 Å². The summed E-state index contributed by atoms with van der Waals surface area (Å²) >= 11 is 1.36. The lowest BCUT2D eigenvalue weighted by Gasteiger charge is -2.29. The van der Waals surface area contributed by atoms with E-state index in [0.29, 0.717) is 17.7 Å². The number of hydrogen-bond acceptors (Lipinski definition) is 3. The molecule has 17 heavy (non-hydrogen) atoms. The normalized spacial score (nSPS) is 19.5. The first-order valence-corrected chi connectivity index (χ1v) is 6.48. The first-order chi connectivity index (χ1) is 7.98. The van der Waals surface area contributed by atoms with Crippen LogP contribution in [-0.4, -0.2) is 10.9 Å². The zero-order chi connectivity index (χ0) is 12.5. The number of aliphatic hydroxyl groups is 1. The van der Waals surface area contributed by atoms with Gasteiger partial charge < -0.3 is 5.11 Å². The van der Waals surface area contributed by atoms with Crippen LogP contribution in [0.1, 0.15) is 26.7 Å². The summed E-state index contributed by atoms with van der Waals surface area (Å²) in [5.74, 6) is 0.285. The van der Waals surface area contributed by atoms with Crippen molar-refractivity contribution >= 4 is 17.5 Å².